The van der Waals surface area contributed by atoms with Crippen LogP contribution in [0, 0.1) is 12.1 Å². The third-order valence-electron chi connectivity index (χ3n) is 6.17. The summed E-state index contributed by atoms with van der Waals surface area (Å²) in [6, 6.07) is 4.17. The van der Waals surface area contributed by atoms with E-state index >= 15 is 0 Å². The summed E-state index contributed by atoms with van der Waals surface area (Å²) in [6.07, 6.45) is 1.65. The third kappa shape index (κ3) is 3.76. The SMILES string of the molecule is Cc1cc(Nc2cc(Nc3ccn(C(F)(F)F)n3)ncn2)[n+]([O-])c2c1C(=O)NC21CCCCC1. The minimum Gasteiger partial charge on any atom is -0.710 e. The summed E-state index contributed by atoms with van der Waals surface area (Å²) < 4.78 is 38.9. The first-order chi connectivity index (χ1) is 16.2. The van der Waals surface area contributed by atoms with Gasteiger partial charge < -0.3 is 15.8 Å². The van der Waals surface area contributed by atoms with Crippen LogP contribution in [0.5, 0.6) is 0 Å². The number of hydrogen-bond donors (Lipinski definition) is 3. The van der Waals surface area contributed by atoms with Crippen molar-refractivity contribution >= 4 is 29.2 Å². The van der Waals surface area contributed by atoms with Crippen molar-refractivity contribution in [3.05, 3.63) is 52.8 Å². The van der Waals surface area contributed by atoms with Crippen molar-refractivity contribution in [1.29, 1.82) is 0 Å². The Balaban J connectivity index is 1.43. The average Bonchev–Trinajstić information content (AvgIpc) is 3.35. The summed E-state index contributed by atoms with van der Waals surface area (Å²) in [7, 11) is 0. The fraction of sp³-hybridized carbons (Fsp3) is 0.381. The van der Waals surface area contributed by atoms with Gasteiger partial charge >= 0.3 is 6.30 Å². The van der Waals surface area contributed by atoms with Gasteiger partial charge in [0.2, 0.25) is 5.82 Å². The van der Waals surface area contributed by atoms with Crippen LogP contribution < -0.4 is 20.7 Å². The van der Waals surface area contributed by atoms with E-state index in [1.54, 1.807) is 13.0 Å². The Kier molecular flexibility index (Phi) is 5.06. The number of hydrogen-bond acceptors (Lipinski definition) is 7. The second-order valence-corrected chi connectivity index (χ2v) is 8.48. The number of alkyl halides is 3. The first-order valence-electron chi connectivity index (χ1n) is 10.8. The molecule has 3 aromatic rings. The van der Waals surface area contributed by atoms with Gasteiger partial charge in [-0.15, -0.1) is 18.3 Å². The lowest BCUT2D eigenvalue weighted by Gasteiger charge is -2.34. The quantitative estimate of drug-likeness (QED) is 0.391. The molecule has 4 heterocycles. The molecule has 0 unspecified atom stereocenters. The second kappa shape index (κ2) is 7.85. The van der Waals surface area contributed by atoms with Crippen LogP contribution >= 0.6 is 0 Å². The van der Waals surface area contributed by atoms with E-state index in [4.69, 9.17) is 0 Å². The highest BCUT2D eigenvalue weighted by molar-refractivity contribution is 6.00. The molecule has 3 N–H and O–H groups in total. The van der Waals surface area contributed by atoms with Crippen LogP contribution in [0.4, 0.5) is 36.4 Å². The number of pyridine rings is 1. The molecule has 1 saturated carbocycles. The van der Waals surface area contributed by atoms with Gasteiger partial charge in [0.1, 0.15) is 23.4 Å². The van der Waals surface area contributed by atoms with Gasteiger partial charge in [0.15, 0.2) is 5.82 Å². The molecular weight excluding hydrogens is 453 g/mol. The molecule has 178 valence electrons. The number of carbonyl (C=O) groups excluding carboxylic acids is 1. The zero-order valence-electron chi connectivity index (χ0n) is 18.1. The summed E-state index contributed by atoms with van der Waals surface area (Å²) in [5.74, 6) is 0.312. The summed E-state index contributed by atoms with van der Waals surface area (Å²) in [5, 5.41) is 25.5. The zero-order valence-corrected chi connectivity index (χ0v) is 18.1. The highest BCUT2D eigenvalue weighted by Crippen LogP contribution is 2.42. The molecule has 1 spiro atoms. The normalized spacial score (nSPS) is 16.9. The molecule has 2 aliphatic rings. The number of amides is 1. The Morgan fingerprint density at radius 1 is 1.12 bits per heavy atom. The highest BCUT2D eigenvalue weighted by Gasteiger charge is 2.48. The van der Waals surface area contributed by atoms with Gasteiger partial charge in [-0.25, -0.2) is 15.0 Å². The Morgan fingerprint density at radius 3 is 2.50 bits per heavy atom. The van der Waals surface area contributed by atoms with Gasteiger partial charge in [-0.3, -0.25) is 4.79 Å². The van der Waals surface area contributed by atoms with Crippen molar-refractivity contribution in [3.63, 3.8) is 0 Å². The Bertz CT molecular complexity index is 1270. The van der Waals surface area contributed by atoms with Crippen molar-refractivity contribution < 1.29 is 22.7 Å². The molecule has 13 heteroatoms. The minimum absolute atomic E-state index is 0.0573. The summed E-state index contributed by atoms with van der Waals surface area (Å²) in [4.78, 5) is 20.8. The maximum Gasteiger partial charge on any atom is 0.504 e. The monoisotopic (exact) mass is 474 g/mol. The van der Waals surface area contributed by atoms with Crippen LogP contribution in [0.1, 0.15) is 53.7 Å². The van der Waals surface area contributed by atoms with E-state index in [1.165, 1.54) is 12.4 Å². The first-order valence-corrected chi connectivity index (χ1v) is 10.8. The molecule has 0 radical (unpaired) electrons. The topological polar surface area (TPSA) is 124 Å². The van der Waals surface area contributed by atoms with E-state index in [9.17, 15) is 23.2 Å². The van der Waals surface area contributed by atoms with E-state index in [0.29, 0.717) is 29.7 Å². The zero-order chi connectivity index (χ0) is 24.1. The molecule has 5 rings (SSSR count). The van der Waals surface area contributed by atoms with Crippen LogP contribution in [-0.2, 0) is 11.8 Å². The minimum atomic E-state index is -4.63. The van der Waals surface area contributed by atoms with E-state index in [2.05, 4.69) is 31.0 Å². The number of fused-ring (bicyclic) bond motifs is 2. The number of aromatic nitrogens is 5. The van der Waals surface area contributed by atoms with Crippen molar-refractivity contribution in [2.24, 2.45) is 0 Å². The number of nitrogens with zero attached hydrogens (tertiary/aromatic N) is 5. The second-order valence-electron chi connectivity index (χ2n) is 8.48. The molecule has 0 aromatic carbocycles. The first kappa shape index (κ1) is 21.9. The van der Waals surface area contributed by atoms with Crippen molar-refractivity contribution in [2.45, 2.75) is 50.9 Å². The number of anilines is 4. The molecule has 0 saturated heterocycles. The smallest absolute Gasteiger partial charge is 0.504 e. The lowest BCUT2D eigenvalue weighted by molar-refractivity contribution is -0.603. The van der Waals surface area contributed by atoms with E-state index < -0.39 is 11.8 Å². The van der Waals surface area contributed by atoms with Crippen LogP contribution in [0.2, 0.25) is 0 Å². The van der Waals surface area contributed by atoms with Crippen LogP contribution in [0.15, 0.2) is 30.7 Å². The van der Waals surface area contributed by atoms with Crippen molar-refractivity contribution in [3.8, 4) is 0 Å². The van der Waals surface area contributed by atoms with Crippen LogP contribution in [-0.4, -0.2) is 25.7 Å². The molecule has 0 bridgehead atoms. The fourth-order valence-corrected chi connectivity index (χ4v) is 4.70. The average molecular weight is 474 g/mol. The molecule has 1 fully saturated rings. The van der Waals surface area contributed by atoms with E-state index in [-0.39, 0.29) is 33.9 Å². The van der Waals surface area contributed by atoms with Crippen LogP contribution in [0.3, 0.4) is 0 Å². The van der Waals surface area contributed by atoms with Gasteiger partial charge in [-0.05, 0) is 25.3 Å². The standard InChI is InChI=1S/C21H21F3N8O2/c1-12-9-16(32(34)18-17(12)19(33)29-20(18)6-3-2-4-7-20)28-15-10-14(25-11-26-15)27-13-5-8-31(30-13)21(22,23)24/h5,8-11H,2-4,6-7H2,1H3,(H,29,33)(H2,25,26,27,28,30). The van der Waals surface area contributed by atoms with Gasteiger partial charge in [0.05, 0.1) is 5.56 Å². The van der Waals surface area contributed by atoms with Gasteiger partial charge in [0, 0.05) is 24.4 Å². The van der Waals surface area contributed by atoms with E-state index in [1.807, 2.05) is 0 Å². The predicted octanol–water partition coefficient (Wildman–Crippen LogP) is 3.48. The Hall–Kier alpha value is -3.90. The van der Waals surface area contributed by atoms with Crippen molar-refractivity contribution in [1.82, 2.24) is 25.1 Å². The van der Waals surface area contributed by atoms with Crippen LogP contribution in [0.25, 0.3) is 0 Å². The lowest BCUT2D eigenvalue weighted by atomic mass is 9.79. The molecular formula is C21H21F3N8O2. The molecule has 0 atom stereocenters. The number of rotatable bonds is 4. The Morgan fingerprint density at radius 2 is 1.82 bits per heavy atom. The largest absolute Gasteiger partial charge is 0.710 e. The van der Waals surface area contributed by atoms with Crippen molar-refractivity contribution in [2.75, 3.05) is 10.6 Å². The molecule has 1 aliphatic carbocycles. The highest BCUT2D eigenvalue weighted by atomic mass is 19.4. The maximum atomic E-state index is 13.4. The van der Waals surface area contributed by atoms with Gasteiger partial charge in [-0.1, -0.05) is 19.3 Å². The molecule has 34 heavy (non-hydrogen) atoms. The summed E-state index contributed by atoms with van der Waals surface area (Å²) in [6.45, 7) is 1.77. The molecule has 10 nitrogen and oxygen atoms in total. The molecule has 1 amide bonds. The van der Waals surface area contributed by atoms with E-state index in [0.717, 1.165) is 36.3 Å². The fourth-order valence-electron chi connectivity index (χ4n) is 4.70. The third-order valence-corrected chi connectivity index (χ3v) is 6.17. The number of aryl methyl sites for hydroxylation is 1. The molecule has 1 aliphatic heterocycles. The number of halogens is 3. The summed E-state index contributed by atoms with van der Waals surface area (Å²) in [5.41, 5.74) is 0.817. The maximum absolute atomic E-state index is 13.4. The summed E-state index contributed by atoms with van der Waals surface area (Å²) >= 11 is 0. The molecule has 3 aromatic heterocycles. The van der Waals surface area contributed by atoms with Gasteiger partial charge in [0.25, 0.3) is 11.7 Å². The number of nitrogens with one attached hydrogen (secondary N) is 3. The number of carbonyl (C=O) groups is 1. The Labute approximate surface area is 191 Å². The van der Waals surface area contributed by atoms with Gasteiger partial charge in [-0.2, -0.15) is 9.67 Å². The lowest BCUT2D eigenvalue weighted by Crippen LogP contribution is -2.49. The predicted molar refractivity (Wildman–Crippen MR) is 114 cm³/mol.